The molecule has 1 heterocycles. The first-order valence-corrected chi connectivity index (χ1v) is 11.4. The summed E-state index contributed by atoms with van der Waals surface area (Å²) in [7, 11) is 0. The number of Topliss-reactive ketones (excluding diaryl/α,β-unsaturated/α-hetero) is 1. The number of amides is 2. The number of imide groups is 1. The van der Waals surface area contributed by atoms with E-state index in [1.807, 2.05) is 24.3 Å². The van der Waals surface area contributed by atoms with Gasteiger partial charge in [0, 0.05) is 5.92 Å². The van der Waals surface area contributed by atoms with E-state index in [4.69, 9.17) is 11.6 Å². The number of carbonyl (C=O) groups excluding carboxylic acids is 3. The second-order valence-corrected chi connectivity index (χ2v) is 9.60. The monoisotopic (exact) mass is 495 g/mol. The molecule has 0 spiro atoms. The Morgan fingerprint density at radius 3 is 2.03 bits per heavy atom. The molecule has 1 fully saturated rings. The molecule has 2 atom stereocenters. The van der Waals surface area contributed by atoms with Crippen LogP contribution in [0.15, 0.2) is 66.7 Å². The predicted molar refractivity (Wildman–Crippen MR) is 122 cm³/mol. The van der Waals surface area contributed by atoms with Crippen LogP contribution >= 0.6 is 11.6 Å². The molecule has 4 aliphatic rings. The van der Waals surface area contributed by atoms with Crippen LogP contribution in [0.3, 0.4) is 0 Å². The molecule has 2 bridgehead atoms. The van der Waals surface area contributed by atoms with Crippen molar-refractivity contribution in [2.24, 2.45) is 11.8 Å². The Balaban J connectivity index is 1.61. The van der Waals surface area contributed by atoms with Gasteiger partial charge in [-0.15, -0.1) is 0 Å². The lowest BCUT2D eigenvalue weighted by atomic mass is 9.46. The van der Waals surface area contributed by atoms with Crippen LogP contribution < -0.4 is 4.90 Å². The molecule has 8 heteroatoms. The van der Waals surface area contributed by atoms with Crippen LogP contribution in [-0.4, -0.2) is 17.6 Å². The van der Waals surface area contributed by atoms with Crippen molar-refractivity contribution in [3.8, 4) is 0 Å². The van der Waals surface area contributed by atoms with Gasteiger partial charge in [0.25, 0.3) is 0 Å². The van der Waals surface area contributed by atoms with Gasteiger partial charge in [0.1, 0.15) is 5.78 Å². The maximum atomic E-state index is 14.0. The van der Waals surface area contributed by atoms with Crippen LogP contribution in [0, 0.1) is 11.8 Å². The Labute approximate surface area is 203 Å². The molecule has 3 aliphatic carbocycles. The summed E-state index contributed by atoms with van der Waals surface area (Å²) in [6.07, 6.45) is -4.77. The maximum absolute atomic E-state index is 14.0. The van der Waals surface area contributed by atoms with Crippen molar-refractivity contribution in [3.63, 3.8) is 0 Å². The fourth-order valence-electron chi connectivity index (χ4n) is 6.49. The molecule has 3 aromatic carbocycles. The quantitative estimate of drug-likeness (QED) is 0.441. The fraction of sp³-hybridized carbons (Fsp3) is 0.222. The second kappa shape index (κ2) is 7.04. The summed E-state index contributed by atoms with van der Waals surface area (Å²) in [6.45, 7) is 1.40. The highest BCUT2D eigenvalue weighted by Gasteiger charge is 2.70. The number of carbonyl (C=O) groups is 3. The molecule has 0 saturated carbocycles. The molecule has 0 radical (unpaired) electrons. The summed E-state index contributed by atoms with van der Waals surface area (Å²) in [5.41, 5.74) is 0.170. The summed E-state index contributed by atoms with van der Waals surface area (Å²) in [5.74, 6) is -4.06. The average molecular weight is 496 g/mol. The predicted octanol–water partition coefficient (Wildman–Crippen LogP) is 5.50. The Hall–Kier alpha value is -3.45. The number of benzene rings is 3. The van der Waals surface area contributed by atoms with Gasteiger partial charge in [-0.1, -0.05) is 60.1 Å². The van der Waals surface area contributed by atoms with Gasteiger partial charge in [-0.25, -0.2) is 4.90 Å². The van der Waals surface area contributed by atoms with E-state index in [2.05, 4.69) is 0 Å². The molecule has 1 aliphatic heterocycles. The highest BCUT2D eigenvalue weighted by atomic mass is 35.5. The van der Waals surface area contributed by atoms with Gasteiger partial charge in [-0.05, 0) is 47.4 Å². The molecule has 0 unspecified atom stereocenters. The van der Waals surface area contributed by atoms with E-state index in [0.29, 0.717) is 11.1 Å². The maximum Gasteiger partial charge on any atom is 0.417 e. The minimum absolute atomic E-state index is 0.211. The van der Waals surface area contributed by atoms with Gasteiger partial charge in [0.15, 0.2) is 0 Å². The zero-order chi connectivity index (χ0) is 24.9. The van der Waals surface area contributed by atoms with Gasteiger partial charge < -0.3 is 0 Å². The van der Waals surface area contributed by atoms with Crippen molar-refractivity contribution in [1.82, 2.24) is 0 Å². The Kier molecular flexibility index (Phi) is 4.43. The SMILES string of the molecule is CC(=O)C12c3ccccc3C(c3ccccc31)[C@H]1C(=O)N(c3ccc(Cl)c(C(F)(F)F)c3)C(=O)[C@H]12. The van der Waals surface area contributed by atoms with Gasteiger partial charge >= 0.3 is 6.18 Å². The normalized spacial score (nSPS) is 26.4. The Morgan fingerprint density at radius 2 is 1.49 bits per heavy atom. The van der Waals surface area contributed by atoms with Gasteiger partial charge in [-0.3, -0.25) is 14.4 Å². The lowest BCUT2D eigenvalue weighted by Crippen LogP contribution is -2.57. The van der Waals surface area contributed by atoms with E-state index in [0.717, 1.165) is 28.2 Å². The molecule has 7 rings (SSSR count). The fourth-order valence-corrected chi connectivity index (χ4v) is 6.72. The van der Waals surface area contributed by atoms with Gasteiger partial charge in [0.05, 0.1) is 33.5 Å². The number of alkyl halides is 3. The number of hydrogen-bond donors (Lipinski definition) is 0. The first-order chi connectivity index (χ1) is 16.6. The molecule has 1 saturated heterocycles. The second-order valence-electron chi connectivity index (χ2n) is 9.19. The molecule has 2 amide bonds. The lowest BCUT2D eigenvalue weighted by molar-refractivity contribution is -0.137. The van der Waals surface area contributed by atoms with Crippen LogP contribution in [0.4, 0.5) is 18.9 Å². The smallest absolute Gasteiger partial charge is 0.299 e. The standard InChI is InChI=1S/C27H17ClF3NO3/c1-13(33)26-17-8-4-2-6-15(17)21(16-7-3-5-9-18(16)26)22-23(26)25(35)32(24(22)34)14-10-11-20(28)19(12-14)27(29,30)31/h2-12,21-23H,1H3/t21?,22-,23+,26?/m1/s1. The Bertz CT molecular complexity index is 1420. The van der Waals surface area contributed by atoms with Crippen molar-refractivity contribution < 1.29 is 27.6 Å². The molecular formula is C27H17ClF3NO3. The number of ketones is 1. The molecular weight excluding hydrogens is 479 g/mol. The molecule has 0 aromatic heterocycles. The number of rotatable bonds is 2. The molecule has 4 nitrogen and oxygen atoms in total. The molecule has 35 heavy (non-hydrogen) atoms. The molecule has 176 valence electrons. The van der Waals surface area contributed by atoms with Crippen molar-refractivity contribution in [2.75, 3.05) is 4.90 Å². The first-order valence-electron chi connectivity index (χ1n) is 11.0. The van der Waals surface area contributed by atoms with Crippen molar-refractivity contribution in [3.05, 3.63) is 99.6 Å². The summed E-state index contributed by atoms with van der Waals surface area (Å²) < 4.78 is 40.6. The van der Waals surface area contributed by atoms with Crippen LogP contribution in [-0.2, 0) is 26.0 Å². The van der Waals surface area contributed by atoms with E-state index < -0.39 is 51.7 Å². The summed E-state index contributed by atoms with van der Waals surface area (Å²) in [5, 5.41) is -0.530. The number of nitrogens with zero attached hydrogens (tertiary/aromatic N) is 1. The number of anilines is 1. The van der Waals surface area contributed by atoms with E-state index in [1.165, 1.54) is 13.0 Å². The first kappa shape index (κ1) is 22.0. The van der Waals surface area contributed by atoms with Crippen LogP contribution in [0.5, 0.6) is 0 Å². The largest absolute Gasteiger partial charge is 0.417 e. The summed E-state index contributed by atoms with van der Waals surface area (Å²) >= 11 is 5.77. The number of hydrogen-bond acceptors (Lipinski definition) is 3. The average Bonchev–Trinajstić information content (AvgIpc) is 3.09. The van der Waals surface area contributed by atoms with Gasteiger partial charge in [-0.2, -0.15) is 13.2 Å². The third kappa shape index (κ3) is 2.62. The van der Waals surface area contributed by atoms with E-state index in [-0.39, 0.29) is 11.5 Å². The Morgan fingerprint density at radius 1 is 0.914 bits per heavy atom. The minimum atomic E-state index is -4.77. The third-order valence-electron chi connectivity index (χ3n) is 7.69. The van der Waals surface area contributed by atoms with Crippen LogP contribution in [0.25, 0.3) is 0 Å². The zero-order valence-electron chi connectivity index (χ0n) is 18.3. The molecule has 3 aromatic rings. The zero-order valence-corrected chi connectivity index (χ0v) is 19.0. The topological polar surface area (TPSA) is 54.5 Å². The van der Waals surface area contributed by atoms with Crippen molar-refractivity contribution in [1.29, 1.82) is 0 Å². The number of halogens is 4. The van der Waals surface area contributed by atoms with E-state index in [9.17, 15) is 27.6 Å². The van der Waals surface area contributed by atoms with E-state index in [1.54, 1.807) is 24.3 Å². The van der Waals surface area contributed by atoms with Crippen LogP contribution in [0.2, 0.25) is 5.02 Å². The van der Waals surface area contributed by atoms with Crippen LogP contribution in [0.1, 0.15) is 40.7 Å². The summed E-state index contributed by atoms with van der Waals surface area (Å²) in [4.78, 5) is 42.1. The molecule has 0 N–H and O–H groups in total. The minimum Gasteiger partial charge on any atom is -0.299 e. The lowest BCUT2D eigenvalue weighted by Gasteiger charge is -2.52. The van der Waals surface area contributed by atoms with Crippen molar-refractivity contribution in [2.45, 2.75) is 24.4 Å². The highest BCUT2D eigenvalue weighted by Crippen LogP contribution is 2.64. The van der Waals surface area contributed by atoms with Gasteiger partial charge in [0.2, 0.25) is 11.8 Å². The highest BCUT2D eigenvalue weighted by molar-refractivity contribution is 6.32. The summed E-state index contributed by atoms with van der Waals surface area (Å²) in [6, 6.07) is 17.5. The van der Waals surface area contributed by atoms with Crippen molar-refractivity contribution >= 4 is 34.9 Å². The van der Waals surface area contributed by atoms with E-state index >= 15 is 0 Å². The third-order valence-corrected chi connectivity index (χ3v) is 8.02.